The number of aryl methyl sites for hydroxylation is 1. The van der Waals surface area contributed by atoms with Gasteiger partial charge in [0.05, 0.1) is 5.69 Å². The molecule has 0 saturated heterocycles. The Labute approximate surface area is 105 Å². The van der Waals surface area contributed by atoms with Gasteiger partial charge in [-0.05, 0) is 36.7 Å². The third kappa shape index (κ3) is 3.01. The van der Waals surface area contributed by atoms with Gasteiger partial charge in [0.2, 0.25) is 0 Å². The van der Waals surface area contributed by atoms with E-state index in [0.717, 1.165) is 18.5 Å². The molecule has 1 atom stereocenters. The topological polar surface area (TPSA) is 80.9 Å². The lowest BCUT2D eigenvalue weighted by molar-refractivity contribution is 0.0936. The summed E-state index contributed by atoms with van der Waals surface area (Å²) in [6, 6.07) is 0.110. The molecular weight excluding hydrogens is 236 g/mol. The van der Waals surface area contributed by atoms with Gasteiger partial charge in [-0.15, -0.1) is 5.10 Å². The fourth-order valence-corrected chi connectivity index (χ4v) is 2.49. The van der Waals surface area contributed by atoms with Crippen LogP contribution in [0.4, 0.5) is 0 Å². The van der Waals surface area contributed by atoms with E-state index in [1.165, 1.54) is 24.4 Å². The van der Waals surface area contributed by atoms with Crippen LogP contribution in [0.1, 0.15) is 41.6 Å². The smallest absolute Gasteiger partial charge is 0.265 e. The summed E-state index contributed by atoms with van der Waals surface area (Å²) in [4.78, 5) is 12.7. The van der Waals surface area contributed by atoms with E-state index in [1.807, 2.05) is 0 Å². The Morgan fingerprint density at radius 1 is 1.65 bits per heavy atom. The number of aromatic nitrogens is 2. The van der Waals surface area contributed by atoms with E-state index < -0.39 is 0 Å². The van der Waals surface area contributed by atoms with Crippen molar-refractivity contribution in [1.82, 2.24) is 14.9 Å². The van der Waals surface area contributed by atoms with Gasteiger partial charge in [-0.2, -0.15) is 0 Å². The van der Waals surface area contributed by atoms with Crippen LogP contribution in [-0.2, 0) is 6.42 Å². The molecule has 1 aromatic heterocycles. The van der Waals surface area contributed by atoms with Gasteiger partial charge in [0.25, 0.3) is 5.91 Å². The van der Waals surface area contributed by atoms with Crippen LogP contribution in [0.5, 0.6) is 0 Å². The van der Waals surface area contributed by atoms with E-state index in [4.69, 9.17) is 5.73 Å². The van der Waals surface area contributed by atoms with Crippen molar-refractivity contribution in [1.29, 1.82) is 0 Å². The van der Waals surface area contributed by atoms with E-state index in [0.29, 0.717) is 17.3 Å². The molecule has 0 spiro atoms. The predicted octanol–water partition coefficient (Wildman–Crippen LogP) is 0.958. The lowest BCUT2D eigenvalue weighted by atomic mass is 10.1. The van der Waals surface area contributed by atoms with E-state index in [1.54, 1.807) is 0 Å². The number of hydrogen-bond acceptors (Lipinski definition) is 5. The van der Waals surface area contributed by atoms with Crippen LogP contribution in [-0.4, -0.2) is 28.1 Å². The quantitative estimate of drug-likeness (QED) is 0.792. The zero-order chi connectivity index (χ0) is 12.3. The lowest BCUT2D eigenvalue weighted by Gasteiger charge is -2.15. The van der Waals surface area contributed by atoms with Gasteiger partial charge in [0.15, 0.2) is 0 Å². The van der Waals surface area contributed by atoms with Gasteiger partial charge in [0, 0.05) is 12.6 Å². The minimum atomic E-state index is -0.0641. The summed E-state index contributed by atoms with van der Waals surface area (Å²) >= 11 is 1.17. The van der Waals surface area contributed by atoms with Crippen LogP contribution in [0, 0.1) is 5.92 Å². The second-order valence-corrected chi connectivity index (χ2v) is 5.21. The Morgan fingerprint density at radius 3 is 3.00 bits per heavy atom. The summed E-state index contributed by atoms with van der Waals surface area (Å²) in [5.41, 5.74) is 6.48. The molecule has 1 aliphatic rings. The molecule has 94 valence electrons. The summed E-state index contributed by atoms with van der Waals surface area (Å²) < 4.78 is 3.85. The number of hydrogen-bond donors (Lipinski definition) is 2. The highest BCUT2D eigenvalue weighted by Gasteiger charge is 2.32. The summed E-state index contributed by atoms with van der Waals surface area (Å²) in [5, 5.41) is 6.99. The molecule has 17 heavy (non-hydrogen) atoms. The maximum atomic E-state index is 12.1. The average molecular weight is 254 g/mol. The number of carbonyl (C=O) groups is 1. The van der Waals surface area contributed by atoms with Crippen LogP contribution in [0.3, 0.4) is 0 Å². The first-order valence-electron chi connectivity index (χ1n) is 6.08. The molecule has 0 aliphatic heterocycles. The molecule has 6 heteroatoms. The molecule has 3 N–H and O–H groups in total. The number of rotatable bonds is 6. The number of nitrogens with two attached hydrogens (primary N) is 1. The normalized spacial score (nSPS) is 16.8. The van der Waals surface area contributed by atoms with Crippen LogP contribution < -0.4 is 11.1 Å². The molecule has 2 rings (SSSR count). The molecule has 1 fully saturated rings. The Bertz CT molecular complexity index is 389. The average Bonchev–Trinajstić information content (AvgIpc) is 3.06. The second-order valence-electron chi connectivity index (χ2n) is 4.45. The summed E-state index contributed by atoms with van der Waals surface area (Å²) in [6.45, 7) is 2.57. The zero-order valence-electron chi connectivity index (χ0n) is 9.98. The Morgan fingerprint density at radius 2 is 2.41 bits per heavy atom. The summed E-state index contributed by atoms with van der Waals surface area (Å²) in [7, 11) is 0. The van der Waals surface area contributed by atoms with Crippen LogP contribution in [0.2, 0.25) is 0 Å². The maximum Gasteiger partial charge on any atom is 0.265 e. The molecule has 0 aromatic carbocycles. The molecule has 1 amide bonds. The minimum absolute atomic E-state index is 0.0641. The molecule has 1 aromatic rings. The summed E-state index contributed by atoms with van der Waals surface area (Å²) in [6.07, 6.45) is 4.11. The first kappa shape index (κ1) is 12.4. The monoisotopic (exact) mass is 254 g/mol. The Kier molecular flexibility index (Phi) is 4.06. The van der Waals surface area contributed by atoms with Gasteiger partial charge < -0.3 is 11.1 Å². The molecule has 1 heterocycles. The zero-order valence-corrected chi connectivity index (χ0v) is 10.8. The number of nitrogens with one attached hydrogen (secondary N) is 1. The first-order valence-corrected chi connectivity index (χ1v) is 6.85. The number of amides is 1. The van der Waals surface area contributed by atoms with E-state index >= 15 is 0 Å². The van der Waals surface area contributed by atoms with E-state index in [9.17, 15) is 4.79 Å². The van der Waals surface area contributed by atoms with Crippen molar-refractivity contribution in [2.24, 2.45) is 11.7 Å². The van der Waals surface area contributed by atoms with Crippen molar-refractivity contribution in [3.63, 3.8) is 0 Å². The van der Waals surface area contributed by atoms with Crippen LogP contribution in [0.15, 0.2) is 0 Å². The Balaban J connectivity index is 2.00. The summed E-state index contributed by atoms with van der Waals surface area (Å²) in [5.74, 6) is 0.505. The maximum absolute atomic E-state index is 12.1. The van der Waals surface area contributed by atoms with Crippen molar-refractivity contribution < 1.29 is 4.79 Å². The van der Waals surface area contributed by atoms with E-state index in [-0.39, 0.29) is 11.9 Å². The molecule has 1 unspecified atom stereocenters. The highest BCUT2D eigenvalue weighted by atomic mass is 32.1. The van der Waals surface area contributed by atoms with Crippen molar-refractivity contribution >= 4 is 17.4 Å². The van der Waals surface area contributed by atoms with E-state index in [2.05, 4.69) is 21.8 Å². The number of nitrogens with zero attached hydrogens (tertiary/aromatic N) is 2. The van der Waals surface area contributed by atoms with Gasteiger partial charge in [-0.1, -0.05) is 17.8 Å². The van der Waals surface area contributed by atoms with Gasteiger partial charge in [-0.3, -0.25) is 4.79 Å². The number of carbonyl (C=O) groups excluding carboxylic acids is 1. The molecular formula is C11H18N4OS. The van der Waals surface area contributed by atoms with Gasteiger partial charge >= 0.3 is 0 Å². The largest absolute Gasteiger partial charge is 0.347 e. The standard InChI is InChI=1S/C11H18N4OS/c1-2-3-8-10(17-15-14-8)11(16)13-9(6-12)7-4-5-7/h7,9H,2-6,12H2,1H3,(H,13,16). The first-order chi connectivity index (χ1) is 8.26. The highest BCUT2D eigenvalue weighted by molar-refractivity contribution is 7.08. The molecule has 5 nitrogen and oxygen atoms in total. The third-order valence-electron chi connectivity index (χ3n) is 3.01. The van der Waals surface area contributed by atoms with Crippen molar-refractivity contribution in [2.75, 3.05) is 6.54 Å². The fourth-order valence-electron chi connectivity index (χ4n) is 1.88. The molecule has 0 bridgehead atoms. The van der Waals surface area contributed by atoms with Crippen LogP contribution >= 0.6 is 11.5 Å². The van der Waals surface area contributed by atoms with Crippen molar-refractivity contribution in [3.8, 4) is 0 Å². The third-order valence-corrected chi connectivity index (χ3v) is 3.78. The molecule has 0 radical (unpaired) electrons. The highest BCUT2D eigenvalue weighted by Crippen LogP contribution is 2.32. The second kappa shape index (κ2) is 5.55. The van der Waals surface area contributed by atoms with Gasteiger partial charge in [0.1, 0.15) is 4.88 Å². The molecule has 1 saturated carbocycles. The van der Waals surface area contributed by atoms with Crippen LogP contribution in [0.25, 0.3) is 0 Å². The van der Waals surface area contributed by atoms with Crippen molar-refractivity contribution in [2.45, 2.75) is 38.6 Å². The van der Waals surface area contributed by atoms with Gasteiger partial charge in [-0.25, -0.2) is 0 Å². The minimum Gasteiger partial charge on any atom is -0.347 e. The lowest BCUT2D eigenvalue weighted by Crippen LogP contribution is -2.41. The van der Waals surface area contributed by atoms with Crippen molar-refractivity contribution in [3.05, 3.63) is 10.6 Å². The SMILES string of the molecule is CCCc1nnsc1C(=O)NC(CN)C1CC1. The predicted molar refractivity (Wildman–Crippen MR) is 66.9 cm³/mol. The fraction of sp³-hybridized carbons (Fsp3) is 0.727. The molecule has 1 aliphatic carbocycles. The Hall–Kier alpha value is -1.01.